The predicted molar refractivity (Wildman–Crippen MR) is 91.0 cm³/mol. The number of anilines is 1. The number of nitrogens with two attached hydrogens (primary N) is 1. The van der Waals surface area contributed by atoms with E-state index in [-0.39, 0.29) is 17.1 Å². The molecule has 11 heteroatoms. The molecule has 0 aliphatic carbocycles. The van der Waals surface area contributed by atoms with Gasteiger partial charge >= 0.3 is 5.92 Å². The normalized spacial score (nSPS) is 20.5. The number of amides is 1. The largest absolute Gasteiger partial charge is 0.459 e. The molecule has 1 atom stereocenters. The zero-order chi connectivity index (χ0) is 20.5. The van der Waals surface area contributed by atoms with E-state index in [4.69, 9.17) is 11.0 Å². The van der Waals surface area contributed by atoms with Crippen LogP contribution in [0.5, 0.6) is 0 Å². The van der Waals surface area contributed by atoms with Crippen LogP contribution in [0, 0.1) is 17.1 Å². The third kappa shape index (κ3) is 3.20. The maximum atomic E-state index is 14.4. The molecule has 28 heavy (non-hydrogen) atoms. The van der Waals surface area contributed by atoms with Gasteiger partial charge in [-0.2, -0.15) is 14.0 Å². The van der Waals surface area contributed by atoms with Crippen molar-refractivity contribution in [1.29, 1.82) is 5.26 Å². The Morgan fingerprint density at radius 2 is 2.14 bits per heavy atom. The fourth-order valence-electron chi connectivity index (χ4n) is 2.57. The molecule has 0 saturated carbocycles. The highest BCUT2D eigenvalue weighted by atomic mass is 19.3. The van der Waals surface area contributed by atoms with Gasteiger partial charge in [-0.25, -0.2) is 19.4 Å². The Balaban J connectivity index is 2.00. The average Bonchev–Trinajstić information content (AvgIpc) is 2.66. The summed E-state index contributed by atoms with van der Waals surface area (Å²) in [7, 11) is 0. The number of nitriles is 1. The maximum Gasteiger partial charge on any atom is 0.311 e. The molecule has 1 aliphatic rings. The summed E-state index contributed by atoms with van der Waals surface area (Å²) >= 11 is 0. The van der Waals surface area contributed by atoms with E-state index in [1.165, 1.54) is 18.3 Å². The number of carbonyl (C=O) groups excluding carboxylic acids is 1. The molecule has 1 aliphatic heterocycles. The highest BCUT2D eigenvalue weighted by Crippen LogP contribution is 2.43. The van der Waals surface area contributed by atoms with Crippen LogP contribution >= 0.6 is 0 Å². The summed E-state index contributed by atoms with van der Waals surface area (Å²) in [4.78, 5) is 23.5. The van der Waals surface area contributed by atoms with Crippen LogP contribution in [0.1, 0.15) is 28.7 Å². The molecule has 0 spiro atoms. The standard InChI is InChI=1S/C17H13F3N6O2/c1-16(17(19,20)8-28-15(22)26-16)13-10(18)4-5-11(24-13)25-14(27)12-9(7-21)3-2-6-23-12/h2-6H,8H2,1H3,(H2,22,26)(H,24,25,27)/t16-/m1/s1. The molecule has 3 rings (SSSR count). The second-order valence-corrected chi connectivity index (χ2v) is 6.01. The Labute approximate surface area is 156 Å². The molecule has 0 unspecified atom stereocenters. The number of carbonyl (C=O) groups is 1. The molecule has 8 nitrogen and oxygen atoms in total. The molecule has 0 fully saturated rings. The van der Waals surface area contributed by atoms with Gasteiger partial charge in [0.15, 0.2) is 12.1 Å². The molecule has 0 radical (unpaired) electrons. The molecular formula is C17H13F3N6O2. The lowest BCUT2D eigenvalue weighted by Gasteiger charge is -2.36. The zero-order valence-electron chi connectivity index (χ0n) is 14.4. The Hall–Kier alpha value is -3.68. The van der Waals surface area contributed by atoms with Crippen molar-refractivity contribution in [1.82, 2.24) is 9.97 Å². The number of hydrogen-bond acceptors (Lipinski definition) is 7. The smallest absolute Gasteiger partial charge is 0.311 e. The van der Waals surface area contributed by atoms with Crippen molar-refractivity contribution in [3.63, 3.8) is 0 Å². The van der Waals surface area contributed by atoms with Crippen LogP contribution in [0.2, 0.25) is 0 Å². The Bertz CT molecular complexity index is 1020. The van der Waals surface area contributed by atoms with Gasteiger partial charge in [0.2, 0.25) is 0 Å². The van der Waals surface area contributed by atoms with E-state index in [9.17, 15) is 18.0 Å². The maximum absolute atomic E-state index is 14.4. The number of amidine groups is 1. The predicted octanol–water partition coefficient (Wildman–Crippen LogP) is 1.94. The van der Waals surface area contributed by atoms with Crippen molar-refractivity contribution in [3.05, 3.63) is 53.2 Å². The van der Waals surface area contributed by atoms with Crippen molar-refractivity contribution in [2.45, 2.75) is 18.4 Å². The van der Waals surface area contributed by atoms with E-state index in [1.54, 1.807) is 0 Å². The second-order valence-electron chi connectivity index (χ2n) is 6.01. The van der Waals surface area contributed by atoms with Gasteiger partial charge in [-0.1, -0.05) is 0 Å². The monoisotopic (exact) mass is 390 g/mol. The number of ether oxygens (including phenoxy) is 1. The Morgan fingerprint density at radius 1 is 1.39 bits per heavy atom. The minimum atomic E-state index is -3.61. The van der Waals surface area contributed by atoms with Crippen molar-refractivity contribution >= 4 is 17.7 Å². The van der Waals surface area contributed by atoms with Crippen molar-refractivity contribution in [2.75, 3.05) is 11.9 Å². The third-order valence-corrected chi connectivity index (χ3v) is 4.14. The number of halogens is 3. The van der Waals surface area contributed by atoms with E-state index >= 15 is 0 Å². The van der Waals surface area contributed by atoms with Crippen LogP contribution in [-0.4, -0.2) is 34.4 Å². The van der Waals surface area contributed by atoms with Crippen LogP contribution in [0.4, 0.5) is 19.0 Å². The second kappa shape index (κ2) is 6.80. The molecule has 3 heterocycles. The van der Waals surface area contributed by atoms with Crippen LogP contribution in [0.25, 0.3) is 0 Å². The van der Waals surface area contributed by atoms with Crippen LogP contribution in [0.15, 0.2) is 35.5 Å². The van der Waals surface area contributed by atoms with E-state index in [0.717, 1.165) is 19.1 Å². The number of hydrogen-bond donors (Lipinski definition) is 2. The lowest BCUT2D eigenvalue weighted by atomic mass is 9.89. The minimum absolute atomic E-state index is 0.00244. The summed E-state index contributed by atoms with van der Waals surface area (Å²) in [5.41, 5.74) is 2.03. The fraction of sp³-hybridized carbons (Fsp3) is 0.235. The van der Waals surface area contributed by atoms with Gasteiger partial charge in [0, 0.05) is 6.20 Å². The van der Waals surface area contributed by atoms with Gasteiger partial charge in [-0.3, -0.25) is 4.79 Å². The summed E-state index contributed by atoms with van der Waals surface area (Å²) < 4.78 is 47.7. The SMILES string of the molecule is C[C@]1(c2nc(NC(=O)c3ncccc3C#N)ccc2F)N=C(N)OCC1(F)F. The molecule has 3 N–H and O–H groups in total. The first-order valence-electron chi connectivity index (χ1n) is 7.87. The number of rotatable bonds is 3. The van der Waals surface area contributed by atoms with Gasteiger partial charge < -0.3 is 15.8 Å². The summed E-state index contributed by atoms with van der Waals surface area (Å²) in [5.74, 6) is -5.71. The third-order valence-electron chi connectivity index (χ3n) is 4.14. The minimum Gasteiger partial charge on any atom is -0.459 e. The molecule has 1 amide bonds. The number of aliphatic imine (C=N–C) groups is 1. The fourth-order valence-corrected chi connectivity index (χ4v) is 2.57. The number of aromatic nitrogens is 2. The first-order valence-corrected chi connectivity index (χ1v) is 7.87. The average molecular weight is 390 g/mol. The molecule has 2 aromatic rings. The molecule has 0 saturated heterocycles. The lowest BCUT2D eigenvalue weighted by Crippen LogP contribution is -2.51. The highest BCUT2D eigenvalue weighted by molar-refractivity contribution is 6.03. The van der Waals surface area contributed by atoms with Gasteiger partial charge in [0.1, 0.15) is 29.1 Å². The van der Waals surface area contributed by atoms with Gasteiger partial charge in [-0.05, 0) is 31.2 Å². The van der Waals surface area contributed by atoms with Gasteiger partial charge in [0.25, 0.3) is 11.9 Å². The topological polar surface area (TPSA) is 126 Å². The molecule has 0 bridgehead atoms. The highest BCUT2D eigenvalue weighted by Gasteiger charge is 2.57. The van der Waals surface area contributed by atoms with Crippen LogP contribution in [0.3, 0.4) is 0 Å². The quantitative estimate of drug-likeness (QED) is 0.825. The summed E-state index contributed by atoms with van der Waals surface area (Å²) in [6.07, 6.45) is 1.31. The van der Waals surface area contributed by atoms with E-state index in [0.29, 0.717) is 0 Å². The lowest BCUT2D eigenvalue weighted by molar-refractivity contribution is -0.118. The number of alkyl halides is 2. The molecular weight excluding hydrogens is 377 g/mol. The van der Waals surface area contributed by atoms with Crippen LogP contribution in [-0.2, 0) is 10.3 Å². The van der Waals surface area contributed by atoms with E-state index in [1.807, 2.05) is 6.07 Å². The van der Waals surface area contributed by atoms with Crippen molar-refractivity contribution in [3.8, 4) is 6.07 Å². The van der Waals surface area contributed by atoms with Crippen molar-refractivity contribution in [2.24, 2.45) is 10.7 Å². The molecule has 144 valence electrons. The summed E-state index contributed by atoms with van der Waals surface area (Å²) in [5, 5.41) is 11.4. The van der Waals surface area contributed by atoms with Crippen LogP contribution < -0.4 is 11.1 Å². The van der Waals surface area contributed by atoms with Crippen molar-refractivity contribution < 1.29 is 22.7 Å². The zero-order valence-corrected chi connectivity index (χ0v) is 14.4. The summed E-state index contributed by atoms with van der Waals surface area (Å²) in [6, 6.07) is 6.08. The summed E-state index contributed by atoms with van der Waals surface area (Å²) in [6.45, 7) is -0.137. The Morgan fingerprint density at radius 3 is 2.86 bits per heavy atom. The van der Waals surface area contributed by atoms with Gasteiger partial charge in [0.05, 0.1) is 5.56 Å². The number of nitrogens with zero attached hydrogens (tertiary/aromatic N) is 4. The van der Waals surface area contributed by atoms with E-state index in [2.05, 4.69) is 25.0 Å². The van der Waals surface area contributed by atoms with Gasteiger partial charge in [-0.15, -0.1) is 0 Å². The van der Waals surface area contributed by atoms with E-state index < -0.39 is 41.5 Å². The first kappa shape index (κ1) is 19.1. The molecule has 0 aromatic carbocycles. The Kier molecular flexibility index (Phi) is 4.64. The first-order chi connectivity index (χ1) is 13.2. The number of pyridine rings is 2. The molecule has 2 aromatic heterocycles. The number of nitrogens with one attached hydrogen (secondary N) is 1.